The highest BCUT2D eigenvalue weighted by atomic mass is 24.3. The predicted molar refractivity (Wildman–Crippen MR) is 62.0 cm³/mol. The van der Waals surface area contributed by atoms with E-state index < -0.39 is 0 Å². The van der Waals surface area contributed by atoms with Crippen LogP contribution in [0.25, 0.3) is 0 Å². The van der Waals surface area contributed by atoms with Crippen molar-refractivity contribution in [2.45, 2.75) is 0 Å². The number of aromatic hydroxyl groups is 2. The zero-order chi connectivity index (χ0) is 10.2. The van der Waals surface area contributed by atoms with Crippen LogP contribution in [0.15, 0.2) is 60.7 Å². The van der Waals surface area contributed by atoms with E-state index in [0.717, 1.165) is 0 Å². The molecule has 0 bridgehead atoms. The van der Waals surface area contributed by atoms with Crippen LogP contribution < -0.4 is 0 Å². The molecule has 0 amide bonds. The Hall–Kier alpha value is -1.19. The van der Waals surface area contributed by atoms with E-state index in [1.54, 1.807) is 48.5 Å². The first kappa shape index (κ1) is 13.8. The highest BCUT2D eigenvalue weighted by Crippen LogP contribution is 2.03. The van der Waals surface area contributed by atoms with Gasteiger partial charge in [-0.1, -0.05) is 36.4 Å². The van der Waals surface area contributed by atoms with E-state index in [1.807, 2.05) is 12.1 Å². The van der Waals surface area contributed by atoms with Crippen LogP contribution in [0.1, 0.15) is 0 Å². The standard InChI is InChI=1S/2C6H6O.Mg/c2*7-6-4-2-1-3-5-6;/h2*1-5,7H;. The summed E-state index contributed by atoms with van der Waals surface area (Å²) in [5, 5.41) is 17.3. The van der Waals surface area contributed by atoms with Gasteiger partial charge in [0.15, 0.2) is 0 Å². The average molecular weight is 213 g/mol. The van der Waals surface area contributed by atoms with Crippen LogP contribution in [0.4, 0.5) is 0 Å². The fourth-order valence-corrected chi connectivity index (χ4v) is 0.856. The normalized spacial score (nSPS) is 8.00. The minimum Gasteiger partial charge on any atom is -0.508 e. The maximum atomic E-state index is 8.63. The summed E-state index contributed by atoms with van der Waals surface area (Å²) >= 11 is 0. The van der Waals surface area contributed by atoms with Gasteiger partial charge in [-0.2, -0.15) is 0 Å². The number of rotatable bonds is 0. The Morgan fingerprint density at radius 3 is 0.933 bits per heavy atom. The Morgan fingerprint density at radius 2 is 0.800 bits per heavy atom. The quantitative estimate of drug-likeness (QED) is 0.659. The number of phenols is 2. The van der Waals surface area contributed by atoms with Crippen molar-refractivity contribution in [3.05, 3.63) is 60.7 Å². The Kier molecular flexibility index (Phi) is 7.49. The monoisotopic (exact) mass is 212 g/mol. The number of hydrogen-bond donors (Lipinski definition) is 2. The summed E-state index contributed by atoms with van der Waals surface area (Å²) in [5.41, 5.74) is 0. The first-order valence-electron chi connectivity index (χ1n) is 4.27. The second-order valence-electron chi connectivity index (χ2n) is 2.67. The Bertz CT molecular complexity index is 311. The molecule has 3 heteroatoms. The second-order valence-corrected chi connectivity index (χ2v) is 2.67. The third kappa shape index (κ3) is 6.82. The van der Waals surface area contributed by atoms with E-state index in [4.69, 9.17) is 10.2 Å². The molecule has 2 nitrogen and oxygen atoms in total. The molecule has 0 atom stereocenters. The molecule has 2 rings (SSSR count). The fraction of sp³-hybridized carbons (Fsp3) is 0. The molecule has 0 aliphatic rings. The highest BCUT2D eigenvalue weighted by Gasteiger charge is 1.75. The van der Waals surface area contributed by atoms with Gasteiger partial charge in [0.2, 0.25) is 0 Å². The Morgan fingerprint density at radius 1 is 0.533 bits per heavy atom. The van der Waals surface area contributed by atoms with Gasteiger partial charge in [0.25, 0.3) is 0 Å². The highest BCUT2D eigenvalue weighted by molar-refractivity contribution is 5.75. The lowest BCUT2D eigenvalue weighted by atomic mass is 10.3. The third-order valence-electron chi connectivity index (χ3n) is 1.51. The molecule has 0 heterocycles. The van der Waals surface area contributed by atoms with Crippen molar-refractivity contribution in [3.63, 3.8) is 0 Å². The molecule has 2 radical (unpaired) electrons. The van der Waals surface area contributed by atoms with Crippen LogP contribution in [-0.2, 0) is 0 Å². The Labute approximate surface area is 105 Å². The van der Waals surface area contributed by atoms with Crippen LogP contribution in [-0.4, -0.2) is 33.3 Å². The lowest BCUT2D eigenvalue weighted by molar-refractivity contribution is 0.475. The third-order valence-corrected chi connectivity index (χ3v) is 1.51. The minimum absolute atomic E-state index is 0. The molecule has 0 fully saturated rings. The van der Waals surface area contributed by atoms with Crippen molar-refractivity contribution >= 4 is 23.1 Å². The summed E-state index contributed by atoms with van der Waals surface area (Å²) in [6, 6.07) is 17.4. The van der Waals surface area contributed by atoms with E-state index >= 15 is 0 Å². The van der Waals surface area contributed by atoms with E-state index in [9.17, 15) is 0 Å². The number of benzene rings is 2. The van der Waals surface area contributed by atoms with Crippen molar-refractivity contribution in [2.75, 3.05) is 0 Å². The van der Waals surface area contributed by atoms with Crippen molar-refractivity contribution < 1.29 is 10.2 Å². The first-order chi connectivity index (χ1) is 6.79. The SMILES string of the molecule is Oc1ccccc1.Oc1ccccc1.[Mg]. The summed E-state index contributed by atoms with van der Waals surface area (Å²) in [7, 11) is 0. The lowest BCUT2D eigenvalue weighted by Gasteiger charge is -1.82. The molecule has 15 heavy (non-hydrogen) atoms. The van der Waals surface area contributed by atoms with Crippen LogP contribution in [0, 0.1) is 0 Å². The fourth-order valence-electron chi connectivity index (χ4n) is 0.856. The van der Waals surface area contributed by atoms with Crippen molar-refractivity contribution in [1.29, 1.82) is 0 Å². The predicted octanol–water partition coefficient (Wildman–Crippen LogP) is 2.40. The topological polar surface area (TPSA) is 40.5 Å². The van der Waals surface area contributed by atoms with Gasteiger partial charge in [-0.15, -0.1) is 0 Å². The van der Waals surface area contributed by atoms with Crippen molar-refractivity contribution in [1.82, 2.24) is 0 Å². The summed E-state index contributed by atoms with van der Waals surface area (Å²) in [5.74, 6) is 0.644. The Balaban J connectivity index is 0.000000245. The van der Waals surface area contributed by atoms with E-state index in [1.165, 1.54) is 0 Å². The van der Waals surface area contributed by atoms with Crippen LogP contribution in [0.3, 0.4) is 0 Å². The van der Waals surface area contributed by atoms with Gasteiger partial charge in [0.05, 0.1) is 0 Å². The molecular weight excluding hydrogens is 200 g/mol. The molecular formula is C12H12MgO2. The van der Waals surface area contributed by atoms with Gasteiger partial charge in [-0.25, -0.2) is 0 Å². The molecule has 0 aliphatic heterocycles. The molecule has 0 aromatic heterocycles. The van der Waals surface area contributed by atoms with Crippen molar-refractivity contribution in [2.24, 2.45) is 0 Å². The van der Waals surface area contributed by atoms with Crippen LogP contribution in [0.5, 0.6) is 11.5 Å². The number of hydrogen-bond acceptors (Lipinski definition) is 2. The molecule has 0 saturated carbocycles. The van der Waals surface area contributed by atoms with Crippen molar-refractivity contribution in [3.8, 4) is 11.5 Å². The van der Waals surface area contributed by atoms with E-state index in [0.29, 0.717) is 11.5 Å². The molecule has 2 aromatic carbocycles. The molecule has 0 aliphatic carbocycles. The summed E-state index contributed by atoms with van der Waals surface area (Å²) < 4.78 is 0. The number of para-hydroxylation sites is 2. The average Bonchev–Trinajstić information content (AvgIpc) is 2.21. The maximum Gasteiger partial charge on any atom is 0.115 e. The lowest BCUT2D eigenvalue weighted by Crippen LogP contribution is -1.56. The summed E-state index contributed by atoms with van der Waals surface area (Å²) in [6.45, 7) is 0. The smallest absolute Gasteiger partial charge is 0.115 e. The van der Waals surface area contributed by atoms with Crippen LogP contribution in [0.2, 0.25) is 0 Å². The second kappa shape index (κ2) is 8.14. The van der Waals surface area contributed by atoms with Gasteiger partial charge < -0.3 is 10.2 Å². The van der Waals surface area contributed by atoms with Gasteiger partial charge in [0.1, 0.15) is 11.5 Å². The summed E-state index contributed by atoms with van der Waals surface area (Å²) in [6.07, 6.45) is 0. The molecule has 2 N–H and O–H groups in total. The molecule has 0 unspecified atom stereocenters. The maximum absolute atomic E-state index is 8.63. The minimum atomic E-state index is 0. The van der Waals surface area contributed by atoms with E-state index in [-0.39, 0.29) is 23.1 Å². The van der Waals surface area contributed by atoms with Gasteiger partial charge in [-0.05, 0) is 24.3 Å². The van der Waals surface area contributed by atoms with Gasteiger partial charge in [0, 0.05) is 23.1 Å². The largest absolute Gasteiger partial charge is 0.508 e. The van der Waals surface area contributed by atoms with Crippen LogP contribution >= 0.6 is 0 Å². The van der Waals surface area contributed by atoms with Gasteiger partial charge >= 0.3 is 0 Å². The number of phenolic OH excluding ortho intramolecular Hbond substituents is 2. The summed E-state index contributed by atoms with van der Waals surface area (Å²) in [4.78, 5) is 0. The zero-order valence-corrected chi connectivity index (χ0v) is 9.79. The molecule has 2 aromatic rings. The zero-order valence-electron chi connectivity index (χ0n) is 8.38. The molecule has 74 valence electrons. The van der Waals surface area contributed by atoms with E-state index in [2.05, 4.69) is 0 Å². The molecule has 0 spiro atoms. The van der Waals surface area contributed by atoms with Gasteiger partial charge in [-0.3, -0.25) is 0 Å². The first-order valence-corrected chi connectivity index (χ1v) is 4.27. The molecule has 0 saturated heterocycles.